The first kappa shape index (κ1) is 8.03. The van der Waals surface area contributed by atoms with Gasteiger partial charge < -0.3 is 0 Å². The second-order valence-electron chi connectivity index (χ2n) is 2.18. The largest absolute Gasteiger partial charge is 0.123 e. The van der Waals surface area contributed by atoms with E-state index in [1.54, 1.807) is 0 Å². The topological polar surface area (TPSA) is 0 Å². The molecule has 2 atom stereocenters. The fourth-order valence-corrected chi connectivity index (χ4v) is 0.553. The summed E-state index contributed by atoms with van der Waals surface area (Å²) < 4.78 is 0. The van der Waals surface area contributed by atoms with Crippen molar-refractivity contribution >= 4 is 11.6 Å². The van der Waals surface area contributed by atoms with Gasteiger partial charge in [0.25, 0.3) is 0 Å². The average Bonchev–Trinajstić information content (AvgIpc) is 1.67. The minimum atomic E-state index is 0.271. The first-order valence-corrected chi connectivity index (χ1v) is 3.37. The Balaban J connectivity index is 3.30. The molecule has 0 aromatic carbocycles. The molecule has 48 valence electrons. The SMILES string of the molecule is C=CCC(C)C(C)Cl. The number of hydrogen-bond donors (Lipinski definition) is 0. The van der Waals surface area contributed by atoms with Gasteiger partial charge in [0.15, 0.2) is 0 Å². The summed E-state index contributed by atoms with van der Waals surface area (Å²) in [5.74, 6) is 0.564. The maximum absolute atomic E-state index is 5.76. The number of halogens is 1. The zero-order valence-electron chi connectivity index (χ0n) is 5.52. The molecule has 0 aliphatic heterocycles. The molecule has 0 rings (SSSR count). The fraction of sp³-hybridized carbons (Fsp3) is 0.714. The lowest BCUT2D eigenvalue weighted by molar-refractivity contribution is 0.580. The zero-order chi connectivity index (χ0) is 6.57. The van der Waals surface area contributed by atoms with Crippen molar-refractivity contribution in [2.75, 3.05) is 0 Å². The minimum absolute atomic E-state index is 0.271. The number of hydrogen-bond acceptors (Lipinski definition) is 0. The van der Waals surface area contributed by atoms with Crippen LogP contribution in [0.3, 0.4) is 0 Å². The summed E-state index contributed by atoms with van der Waals surface area (Å²) >= 11 is 5.76. The van der Waals surface area contributed by atoms with Gasteiger partial charge in [-0.3, -0.25) is 0 Å². The van der Waals surface area contributed by atoms with Gasteiger partial charge in [0, 0.05) is 5.38 Å². The quantitative estimate of drug-likeness (QED) is 0.409. The Kier molecular flexibility index (Phi) is 3.98. The number of alkyl halides is 1. The van der Waals surface area contributed by atoms with E-state index in [0.717, 1.165) is 6.42 Å². The summed E-state index contributed by atoms with van der Waals surface area (Å²) in [5, 5.41) is 0.271. The second kappa shape index (κ2) is 3.96. The summed E-state index contributed by atoms with van der Waals surface area (Å²) in [6.07, 6.45) is 2.92. The molecular formula is C7H13Cl. The highest BCUT2D eigenvalue weighted by molar-refractivity contribution is 6.20. The van der Waals surface area contributed by atoms with Crippen LogP contribution in [0.2, 0.25) is 0 Å². The molecule has 0 nitrogen and oxygen atoms in total. The van der Waals surface area contributed by atoms with Gasteiger partial charge in [-0.05, 0) is 19.3 Å². The summed E-state index contributed by atoms with van der Waals surface area (Å²) in [4.78, 5) is 0. The second-order valence-corrected chi connectivity index (χ2v) is 2.87. The molecule has 0 amide bonds. The lowest BCUT2D eigenvalue weighted by Crippen LogP contribution is -2.04. The van der Waals surface area contributed by atoms with E-state index in [-0.39, 0.29) is 5.38 Å². The molecule has 0 aliphatic rings. The van der Waals surface area contributed by atoms with Gasteiger partial charge in [0.2, 0.25) is 0 Å². The molecule has 0 N–H and O–H groups in total. The fourth-order valence-electron chi connectivity index (χ4n) is 0.450. The Hall–Kier alpha value is 0.0300. The average molecular weight is 133 g/mol. The lowest BCUT2D eigenvalue weighted by atomic mass is 10.1. The van der Waals surface area contributed by atoms with Crippen molar-refractivity contribution in [1.82, 2.24) is 0 Å². The molecule has 0 bridgehead atoms. The highest BCUT2D eigenvalue weighted by atomic mass is 35.5. The third kappa shape index (κ3) is 3.09. The molecule has 0 spiro atoms. The van der Waals surface area contributed by atoms with Crippen molar-refractivity contribution in [3.05, 3.63) is 12.7 Å². The molecule has 0 radical (unpaired) electrons. The van der Waals surface area contributed by atoms with Crippen LogP contribution >= 0.6 is 11.6 Å². The summed E-state index contributed by atoms with van der Waals surface area (Å²) in [5.41, 5.74) is 0. The van der Waals surface area contributed by atoms with E-state index >= 15 is 0 Å². The van der Waals surface area contributed by atoms with Crippen LogP contribution in [0.1, 0.15) is 20.3 Å². The van der Waals surface area contributed by atoms with E-state index in [4.69, 9.17) is 11.6 Å². The smallest absolute Gasteiger partial charge is 0.0336 e. The van der Waals surface area contributed by atoms with Crippen LogP contribution < -0.4 is 0 Å². The molecule has 0 aromatic rings. The van der Waals surface area contributed by atoms with Crippen LogP contribution in [-0.4, -0.2) is 5.38 Å². The van der Waals surface area contributed by atoms with E-state index in [0.29, 0.717) is 5.92 Å². The van der Waals surface area contributed by atoms with Crippen molar-refractivity contribution < 1.29 is 0 Å². The van der Waals surface area contributed by atoms with Crippen LogP contribution in [0.25, 0.3) is 0 Å². The predicted molar refractivity (Wildman–Crippen MR) is 39.3 cm³/mol. The molecule has 0 fully saturated rings. The maximum Gasteiger partial charge on any atom is 0.0336 e. The molecule has 0 saturated heterocycles. The Morgan fingerprint density at radius 2 is 2.12 bits per heavy atom. The molecule has 8 heavy (non-hydrogen) atoms. The molecule has 1 heteroatoms. The summed E-state index contributed by atoms with van der Waals surface area (Å²) in [7, 11) is 0. The van der Waals surface area contributed by atoms with Crippen molar-refractivity contribution in [2.45, 2.75) is 25.6 Å². The normalized spacial score (nSPS) is 17.4. The van der Waals surface area contributed by atoms with Gasteiger partial charge in [-0.25, -0.2) is 0 Å². The van der Waals surface area contributed by atoms with Crippen molar-refractivity contribution in [1.29, 1.82) is 0 Å². The van der Waals surface area contributed by atoms with E-state index in [9.17, 15) is 0 Å². The highest BCUT2D eigenvalue weighted by Gasteiger charge is 2.04. The van der Waals surface area contributed by atoms with Crippen LogP contribution in [0.5, 0.6) is 0 Å². The van der Waals surface area contributed by atoms with Gasteiger partial charge in [0.05, 0.1) is 0 Å². The van der Waals surface area contributed by atoms with Crippen molar-refractivity contribution in [3.8, 4) is 0 Å². The highest BCUT2D eigenvalue weighted by Crippen LogP contribution is 2.12. The van der Waals surface area contributed by atoms with Crippen molar-refractivity contribution in [3.63, 3.8) is 0 Å². The molecule has 0 heterocycles. The molecule has 0 aromatic heterocycles. The van der Waals surface area contributed by atoms with Crippen LogP contribution in [0.15, 0.2) is 12.7 Å². The molecule has 0 aliphatic carbocycles. The summed E-state index contributed by atoms with van der Waals surface area (Å²) in [6.45, 7) is 7.76. The van der Waals surface area contributed by atoms with Crippen molar-refractivity contribution in [2.24, 2.45) is 5.92 Å². The number of allylic oxidation sites excluding steroid dienone is 1. The van der Waals surface area contributed by atoms with Crippen LogP contribution in [-0.2, 0) is 0 Å². The van der Waals surface area contributed by atoms with Crippen LogP contribution in [0.4, 0.5) is 0 Å². The Bertz CT molecular complexity index is 66.8. The maximum atomic E-state index is 5.76. The van der Waals surface area contributed by atoms with Crippen LogP contribution in [0, 0.1) is 5.92 Å². The zero-order valence-corrected chi connectivity index (χ0v) is 6.28. The van der Waals surface area contributed by atoms with E-state index < -0.39 is 0 Å². The predicted octanol–water partition coefficient (Wildman–Crippen LogP) is 2.83. The van der Waals surface area contributed by atoms with Gasteiger partial charge in [-0.2, -0.15) is 0 Å². The molecule has 0 saturated carbocycles. The Labute approximate surface area is 56.5 Å². The Morgan fingerprint density at radius 1 is 1.62 bits per heavy atom. The minimum Gasteiger partial charge on any atom is -0.123 e. The van der Waals surface area contributed by atoms with Gasteiger partial charge >= 0.3 is 0 Å². The first-order chi connectivity index (χ1) is 3.68. The Morgan fingerprint density at radius 3 is 2.25 bits per heavy atom. The lowest BCUT2D eigenvalue weighted by Gasteiger charge is -2.09. The van der Waals surface area contributed by atoms with E-state index in [1.165, 1.54) is 0 Å². The van der Waals surface area contributed by atoms with E-state index in [2.05, 4.69) is 13.5 Å². The first-order valence-electron chi connectivity index (χ1n) is 2.93. The molecule has 2 unspecified atom stereocenters. The van der Waals surface area contributed by atoms with Gasteiger partial charge in [-0.1, -0.05) is 13.0 Å². The third-order valence-electron chi connectivity index (χ3n) is 1.32. The van der Waals surface area contributed by atoms with Gasteiger partial charge in [0.1, 0.15) is 0 Å². The standard InChI is InChI=1S/C7H13Cl/c1-4-5-6(2)7(3)8/h4,6-7H,1,5H2,2-3H3. The number of rotatable bonds is 3. The molecular weight excluding hydrogens is 120 g/mol. The van der Waals surface area contributed by atoms with E-state index in [1.807, 2.05) is 13.0 Å². The third-order valence-corrected chi connectivity index (χ3v) is 1.75. The van der Waals surface area contributed by atoms with Gasteiger partial charge in [-0.15, -0.1) is 18.2 Å². The summed E-state index contributed by atoms with van der Waals surface area (Å²) in [6, 6.07) is 0. The monoisotopic (exact) mass is 132 g/mol.